The van der Waals surface area contributed by atoms with Crippen LogP contribution in [0.1, 0.15) is 32.8 Å². The Morgan fingerprint density at radius 3 is 2.67 bits per heavy atom. The second-order valence-corrected chi connectivity index (χ2v) is 10.2. The van der Waals surface area contributed by atoms with Crippen LogP contribution < -0.4 is 9.64 Å². The van der Waals surface area contributed by atoms with Crippen LogP contribution in [0.2, 0.25) is 0 Å². The highest BCUT2D eigenvalue weighted by molar-refractivity contribution is 7.99. The van der Waals surface area contributed by atoms with Gasteiger partial charge in [0, 0.05) is 37.1 Å². The molecule has 3 aliphatic rings. The summed E-state index contributed by atoms with van der Waals surface area (Å²) in [4.78, 5) is 32.1. The molecule has 0 saturated carbocycles. The van der Waals surface area contributed by atoms with E-state index in [1.54, 1.807) is 23.8 Å². The molecule has 1 aromatic carbocycles. The normalized spacial score (nSPS) is 23.7. The largest absolute Gasteiger partial charge is 0.497 e. The lowest BCUT2D eigenvalue weighted by molar-refractivity contribution is -0.134. The summed E-state index contributed by atoms with van der Waals surface area (Å²) in [5, 5.41) is 0. The number of amides is 2. The van der Waals surface area contributed by atoms with Crippen molar-refractivity contribution in [3.05, 3.63) is 23.8 Å². The maximum atomic E-state index is 13.2. The molecule has 0 N–H and O–H groups in total. The second-order valence-electron chi connectivity index (χ2n) is 9.12. The van der Waals surface area contributed by atoms with E-state index in [2.05, 4.69) is 17.0 Å². The fraction of sp³-hybridized carbons (Fsp3) is 0.636. The summed E-state index contributed by atoms with van der Waals surface area (Å²) in [5.74, 6) is 2.56. The predicted molar refractivity (Wildman–Crippen MR) is 118 cm³/mol. The van der Waals surface area contributed by atoms with Crippen molar-refractivity contribution in [2.24, 2.45) is 0 Å². The number of carbonyl (C=O) groups is 2. The van der Waals surface area contributed by atoms with Crippen molar-refractivity contribution < 1.29 is 19.1 Å². The van der Waals surface area contributed by atoms with E-state index in [-0.39, 0.29) is 11.9 Å². The van der Waals surface area contributed by atoms with Crippen LogP contribution in [0, 0.1) is 0 Å². The maximum absolute atomic E-state index is 13.2. The Hall–Kier alpha value is -2.09. The molecule has 3 aliphatic heterocycles. The van der Waals surface area contributed by atoms with Crippen LogP contribution >= 0.6 is 11.8 Å². The number of fused-ring (bicyclic) bond motifs is 1. The van der Waals surface area contributed by atoms with Gasteiger partial charge in [0.25, 0.3) is 0 Å². The van der Waals surface area contributed by atoms with E-state index in [1.807, 2.05) is 31.7 Å². The van der Waals surface area contributed by atoms with Crippen LogP contribution in [-0.4, -0.2) is 77.9 Å². The predicted octanol–water partition coefficient (Wildman–Crippen LogP) is 2.97. The van der Waals surface area contributed by atoms with Gasteiger partial charge in [-0.25, -0.2) is 4.79 Å². The van der Waals surface area contributed by atoms with Gasteiger partial charge in [-0.3, -0.25) is 9.69 Å². The van der Waals surface area contributed by atoms with Crippen LogP contribution in [0.25, 0.3) is 0 Å². The molecule has 2 saturated heterocycles. The standard InChI is InChI=1S/C22H31N3O4S/c1-22(2,3)29-21(27)25-13-16(12-19(25)20(26)23-9-10-30-14-23)24-8-7-15-11-17(28-4)5-6-18(15)24/h5-6,11,16,19H,7-10,12-14H2,1-4H3/t16-,19-/m0/s1. The number of thioether (sulfide) groups is 1. The number of ether oxygens (including phenoxy) is 2. The minimum Gasteiger partial charge on any atom is -0.497 e. The number of anilines is 1. The molecule has 2 amide bonds. The molecule has 0 spiro atoms. The number of nitrogens with zero attached hydrogens (tertiary/aromatic N) is 3. The molecule has 3 heterocycles. The van der Waals surface area contributed by atoms with E-state index in [9.17, 15) is 9.59 Å². The quantitative estimate of drug-likeness (QED) is 0.730. The molecule has 164 valence electrons. The van der Waals surface area contributed by atoms with Crippen molar-refractivity contribution in [3.63, 3.8) is 0 Å². The number of hydrogen-bond donors (Lipinski definition) is 0. The lowest BCUT2D eigenvalue weighted by Crippen LogP contribution is -2.48. The summed E-state index contributed by atoms with van der Waals surface area (Å²) in [6, 6.07) is 5.77. The third-order valence-corrected chi connectivity index (χ3v) is 6.88. The Morgan fingerprint density at radius 1 is 1.20 bits per heavy atom. The van der Waals surface area contributed by atoms with E-state index in [0.717, 1.165) is 31.0 Å². The molecule has 8 heteroatoms. The summed E-state index contributed by atoms with van der Waals surface area (Å²) in [6.45, 7) is 7.70. The van der Waals surface area contributed by atoms with Crippen molar-refractivity contribution in [2.45, 2.75) is 51.3 Å². The van der Waals surface area contributed by atoms with Gasteiger partial charge in [0.05, 0.1) is 13.0 Å². The molecule has 0 radical (unpaired) electrons. The average Bonchev–Trinajstić information content (AvgIpc) is 3.43. The Balaban J connectivity index is 1.56. The molecule has 4 rings (SSSR count). The molecular formula is C22H31N3O4S. The lowest BCUT2D eigenvalue weighted by Gasteiger charge is -2.30. The van der Waals surface area contributed by atoms with Gasteiger partial charge in [-0.05, 0) is 57.4 Å². The van der Waals surface area contributed by atoms with Crippen molar-refractivity contribution in [1.29, 1.82) is 0 Å². The molecule has 0 bridgehead atoms. The first-order valence-electron chi connectivity index (χ1n) is 10.6. The van der Waals surface area contributed by atoms with Crippen LogP contribution in [0.4, 0.5) is 10.5 Å². The number of likely N-dealkylation sites (tertiary alicyclic amines) is 1. The highest BCUT2D eigenvalue weighted by atomic mass is 32.2. The summed E-state index contributed by atoms with van der Waals surface area (Å²) in [5.41, 5.74) is 1.84. The fourth-order valence-electron chi connectivity index (χ4n) is 4.50. The number of hydrogen-bond acceptors (Lipinski definition) is 6. The zero-order valence-corrected chi connectivity index (χ0v) is 19.0. The summed E-state index contributed by atoms with van der Waals surface area (Å²) < 4.78 is 11.0. The van der Waals surface area contributed by atoms with E-state index in [4.69, 9.17) is 9.47 Å². The van der Waals surface area contributed by atoms with E-state index in [0.29, 0.717) is 18.8 Å². The molecule has 0 aromatic heterocycles. The molecule has 2 fully saturated rings. The van der Waals surface area contributed by atoms with Crippen molar-refractivity contribution in [2.75, 3.05) is 43.3 Å². The third kappa shape index (κ3) is 4.19. The van der Waals surface area contributed by atoms with Crippen LogP contribution in [0.5, 0.6) is 5.75 Å². The molecule has 30 heavy (non-hydrogen) atoms. The molecule has 2 atom stereocenters. The van der Waals surface area contributed by atoms with Gasteiger partial charge in [0.15, 0.2) is 0 Å². The van der Waals surface area contributed by atoms with Crippen LogP contribution in [-0.2, 0) is 16.0 Å². The Labute approximate surface area is 182 Å². The number of carbonyl (C=O) groups excluding carboxylic acids is 2. The van der Waals surface area contributed by atoms with Gasteiger partial charge < -0.3 is 19.3 Å². The second kappa shape index (κ2) is 8.21. The summed E-state index contributed by atoms with van der Waals surface area (Å²) in [6.07, 6.45) is 1.17. The van der Waals surface area contributed by atoms with E-state index >= 15 is 0 Å². The minimum absolute atomic E-state index is 0.0440. The fourth-order valence-corrected chi connectivity index (χ4v) is 5.46. The minimum atomic E-state index is -0.594. The van der Waals surface area contributed by atoms with Crippen LogP contribution in [0.15, 0.2) is 18.2 Å². The van der Waals surface area contributed by atoms with Crippen molar-refractivity contribution in [3.8, 4) is 5.75 Å². The van der Waals surface area contributed by atoms with Crippen molar-refractivity contribution in [1.82, 2.24) is 9.80 Å². The highest BCUT2D eigenvalue weighted by Crippen LogP contribution is 2.37. The first-order valence-corrected chi connectivity index (χ1v) is 11.7. The molecule has 1 aromatic rings. The zero-order valence-electron chi connectivity index (χ0n) is 18.2. The molecule has 0 unspecified atom stereocenters. The van der Waals surface area contributed by atoms with Crippen LogP contribution in [0.3, 0.4) is 0 Å². The van der Waals surface area contributed by atoms with Gasteiger partial charge >= 0.3 is 6.09 Å². The summed E-state index contributed by atoms with van der Waals surface area (Å²) in [7, 11) is 1.68. The van der Waals surface area contributed by atoms with Gasteiger partial charge in [0.1, 0.15) is 17.4 Å². The average molecular weight is 434 g/mol. The monoisotopic (exact) mass is 433 g/mol. The lowest BCUT2D eigenvalue weighted by atomic mass is 10.1. The molecule has 7 nitrogen and oxygen atoms in total. The summed E-state index contributed by atoms with van der Waals surface area (Å²) >= 11 is 1.76. The maximum Gasteiger partial charge on any atom is 0.411 e. The van der Waals surface area contributed by atoms with Crippen molar-refractivity contribution >= 4 is 29.4 Å². The third-order valence-electron chi connectivity index (χ3n) is 5.92. The Bertz CT molecular complexity index is 819. The number of methoxy groups -OCH3 is 1. The Morgan fingerprint density at radius 2 is 2.00 bits per heavy atom. The first-order chi connectivity index (χ1) is 14.3. The molecular weight excluding hydrogens is 402 g/mol. The Kier molecular flexibility index (Phi) is 5.79. The van der Waals surface area contributed by atoms with Gasteiger partial charge in [0.2, 0.25) is 5.91 Å². The zero-order chi connectivity index (χ0) is 21.5. The number of rotatable bonds is 3. The SMILES string of the molecule is COc1ccc2c(c1)CCN2[C@H]1C[C@@H](C(=O)N2CCSC2)N(C(=O)OC(C)(C)C)C1. The van der Waals surface area contributed by atoms with Gasteiger partial charge in [-0.15, -0.1) is 11.8 Å². The first kappa shape index (κ1) is 21.2. The van der Waals surface area contributed by atoms with E-state index in [1.165, 1.54) is 11.3 Å². The highest BCUT2D eigenvalue weighted by Gasteiger charge is 2.46. The topological polar surface area (TPSA) is 62.3 Å². The van der Waals surface area contributed by atoms with Gasteiger partial charge in [-0.1, -0.05) is 0 Å². The molecule has 0 aliphatic carbocycles. The van der Waals surface area contributed by atoms with Gasteiger partial charge in [-0.2, -0.15) is 0 Å². The number of benzene rings is 1. The smallest absolute Gasteiger partial charge is 0.411 e. The van der Waals surface area contributed by atoms with E-state index < -0.39 is 17.7 Å².